The Morgan fingerprint density at radius 1 is 1.29 bits per heavy atom. The normalized spacial score (nSPS) is 18.4. The van der Waals surface area contributed by atoms with Crippen LogP contribution in [-0.2, 0) is 13.6 Å². The topological polar surface area (TPSA) is 51.8 Å². The van der Waals surface area contributed by atoms with Crippen LogP contribution in [0.5, 0.6) is 0 Å². The van der Waals surface area contributed by atoms with E-state index in [2.05, 4.69) is 55.0 Å². The van der Waals surface area contributed by atoms with Crippen LogP contribution in [0.2, 0.25) is 0 Å². The van der Waals surface area contributed by atoms with E-state index in [9.17, 15) is 0 Å². The zero-order chi connectivity index (χ0) is 16.9. The molecule has 1 fully saturated rings. The highest BCUT2D eigenvalue weighted by Gasteiger charge is 2.25. The van der Waals surface area contributed by atoms with Crippen molar-refractivity contribution in [3.05, 3.63) is 29.9 Å². The number of hydrogen-bond donors (Lipinski definition) is 0. The number of aromatic nitrogens is 5. The zero-order valence-corrected chi connectivity index (χ0v) is 14.9. The summed E-state index contributed by atoms with van der Waals surface area (Å²) in [6.07, 6.45) is 7.11. The molecule has 0 aliphatic carbocycles. The van der Waals surface area contributed by atoms with Crippen molar-refractivity contribution in [2.45, 2.75) is 45.6 Å². The molecule has 1 aliphatic rings. The smallest absolute Gasteiger partial charge is 0.152 e. The van der Waals surface area contributed by atoms with E-state index in [1.165, 1.54) is 12.8 Å². The van der Waals surface area contributed by atoms with Crippen LogP contribution >= 0.6 is 0 Å². The van der Waals surface area contributed by atoms with Gasteiger partial charge in [-0.15, -0.1) is 16.1 Å². The number of rotatable bonds is 4. The Hall–Kier alpha value is -2.13. The molecule has 0 aromatic carbocycles. The van der Waals surface area contributed by atoms with E-state index in [0.29, 0.717) is 12.5 Å². The number of piperidine rings is 1. The van der Waals surface area contributed by atoms with Crippen molar-refractivity contribution in [3.8, 4) is 11.8 Å². The van der Waals surface area contributed by atoms with Gasteiger partial charge in [-0.05, 0) is 26.3 Å². The maximum Gasteiger partial charge on any atom is 0.152 e. The van der Waals surface area contributed by atoms with Gasteiger partial charge in [0.05, 0.1) is 13.1 Å². The molecule has 1 atom stereocenters. The number of imidazole rings is 1. The number of aryl methyl sites for hydroxylation is 1. The Kier molecular flexibility index (Phi) is 5.31. The van der Waals surface area contributed by atoms with Crippen LogP contribution in [0.15, 0.2) is 12.4 Å². The number of hydrogen-bond acceptors (Lipinski definition) is 4. The van der Waals surface area contributed by atoms with Crippen molar-refractivity contribution in [2.75, 3.05) is 19.6 Å². The van der Waals surface area contributed by atoms with Gasteiger partial charge in [0.15, 0.2) is 5.82 Å². The second-order valence-corrected chi connectivity index (χ2v) is 6.42. The predicted molar refractivity (Wildman–Crippen MR) is 93.6 cm³/mol. The molecular formula is C18H26N6. The van der Waals surface area contributed by atoms with Crippen LogP contribution in [0.3, 0.4) is 0 Å². The summed E-state index contributed by atoms with van der Waals surface area (Å²) in [6, 6.07) is 0. The summed E-state index contributed by atoms with van der Waals surface area (Å²) < 4.78 is 4.26. The van der Waals surface area contributed by atoms with Gasteiger partial charge in [-0.3, -0.25) is 4.90 Å². The second-order valence-electron chi connectivity index (χ2n) is 6.42. The van der Waals surface area contributed by atoms with Crippen molar-refractivity contribution in [2.24, 2.45) is 7.05 Å². The fourth-order valence-corrected chi connectivity index (χ4v) is 3.29. The Balaban J connectivity index is 1.69. The third-order valence-electron chi connectivity index (χ3n) is 4.71. The summed E-state index contributed by atoms with van der Waals surface area (Å²) in [4.78, 5) is 6.71. The van der Waals surface area contributed by atoms with E-state index in [1.54, 1.807) is 0 Å². The fraction of sp³-hybridized carbons (Fsp3) is 0.611. The number of nitrogens with zero attached hydrogens (tertiary/aromatic N) is 6. The quantitative estimate of drug-likeness (QED) is 0.806. The third kappa shape index (κ3) is 3.68. The first-order valence-electron chi connectivity index (χ1n) is 8.73. The standard InChI is InChI=1S/C18H26N6/c1-4-5-6-10-23-11-7-8-16(13-23)18-21-20-17(22(18)3)14-24-12-9-19-15(24)2/h9,12,16H,4,7-8,10-11,13-14H2,1-3H3/t16-/m1/s1. The van der Waals surface area contributed by atoms with E-state index in [-0.39, 0.29) is 0 Å². The lowest BCUT2D eigenvalue weighted by molar-refractivity contribution is 0.224. The highest BCUT2D eigenvalue weighted by molar-refractivity contribution is 5.07. The summed E-state index contributed by atoms with van der Waals surface area (Å²) >= 11 is 0. The summed E-state index contributed by atoms with van der Waals surface area (Å²) in [5.74, 6) is 9.93. The van der Waals surface area contributed by atoms with Crippen LogP contribution in [-0.4, -0.2) is 48.8 Å². The van der Waals surface area contributed by atoms with Gasteiger partial charge in [-0.25, -0.2) is 4.98 Å². The van der Waals surface area contributed by atoms with Gasteiger partial charge >= 0.3 is 0 Å². The maximum absolute atomic E-state index is 4.50. The van der Waals surface area contributed by atoms with Crippen molar-refractivity contribution in [1.82, 2.24) is 29.2 Å². The van der Waals surface area contributed by atoms with Crippen molar-refractivity contribution in [1.29, 1.82) is 0 Å². The van der Waals surface area contributed by atoms with Gasteiger partial charge in [0, 0.05) is 38.3 Å². The lowest BCUT2D eigenvalue weighted by Crippen LogP contribution is -2.35. The fourth-order valence-electron chi connectivity index (χ4n) is 3.29. The van der Waals surface area contributed by atoms with Crippen LogP contribution in [0.25, 0.3) is 0 Å². The second kappa shape index (κ2) is 7.63. The van der Waals surface area contributed by atoms with E-state index >= 15 is 0 Å². The Morgan fingerprint density at radius 2 is 2.17 bits per heavy atom. The average molecular weight is 326 g/mol. The van der Waals surface area contributed by atoms with Crippen LogP contribution in [0, 0.1) is 18.8 Å². The largest absolute Gasteiger partial charge is 0.328 e. The Labute approximate surface area is 143 Å². The maximum atomic E-state index is 4.50. The predicted octanol–water partition coefficient (Wildman–Crippen LogP) is 1.96. The summed E-state index contributed by atoms with van der Waals surface area (Å²) in [7, 11) is 2.08. The minimum Gasteiger partial charge on any atom is -0.328 e. The van der Waals surface area contributed by atoms with Gasteiger partial charge < -0.3 is 9.13 Å². The van der Waals surface area contributed by atoms with Gasteiger partial charge in [-0.1, -0.05) is 12.8 Å². The highest BCUT2D eigenvalue weighted by Crippen LogP contribution is 2.25. The molecule has 3 rings (SSSR count). The molecule has 0 radical (unpaired) electrons. The van der Waals surface area contributed by atoms with Crippen molar-refractivity contribution < 1.29 is 0 Å². The van der Waals surface area contributed by atoms with E-state index in [1.807, 2.05) is 19.3 Å². The first-order chi connectivity index (χ1) is 11.7. The Bertz CT molecular complexity index is 732. The molecule has 0 unspecified atom stereocenters. The van der Waals surface area contributed by atoms with E-state index < -0.39 is 0 Å². The zero-order valence-electron chi connectivity index (χ0n) is 14.9. The van der Waals surface area contributed by atoms with Gasteiger partial charge in [0.1, 0.15) is 11.6 Å². The molecule has 0 saturated carbocycles. The molecule has 0 N–H and O–H groups in total. The monoisotopic (exact) mass is 326 g/mol. The molecule has 2 aromatic heterocycles. The molecule has 2 aromatic rings. The molecule has 3 heterocycles. The van der Waals surface area contributed by atoms with Crippen molar-refractivity contribution in [3.63, 3.8) is 0 Å². The first kappa shape index (κ1) is 16.7. The number of likely N-dealkylation sites (tertiary alicyclic amines) is 1. The summed E-state index contributed by atoms with van der Waals surface area (Å²) in [5.41, 5.74) is 0. The molecule has 6 heteroatoms. The molecule has 24 heavy (non-hydrogen) atoms. The summed E-state index contributed by atoms with van der Waals surface area (Å²) in [5, 5.41) is 8.92. The molecular weight excluding hydrogens is 300 g/mol. The van der Waals surface area contributed by atoms with Crippen LogP contribution < -0.4 is 0 Å². The van der Waals surface area contributed by atoms with E-state index in [0.717, 1.165) is 43.5 Å². The van der Waals surface area contributed by atoms with Gasteiger partial charge in [0.25, 0.3) is 0 Å². The van der Waals surface area contributed by atoms with Crippen molar-refractivity contribution >= 4 is 0 Å². The lowest BCUT2D eigenvalue weighted by atomic mass is 9.97. The minimum atomic E-state index is 0.442. The highest BCUT2D eigenvalue weighted by atomic mass is 15.3. The van der Waals surface area contributed by atoms with Gasteiger partial charge in [-0.2, -0.15) is 0 Å². The molecule has 0 amide bonds. The van der Waals surface area contributed by atoms with E-state index in [4.69, 9.17) is 0 Å². The SMILES string of the molecule is CCC#CCN1CCC[C@@H](c2nnc(Cn3ccnc3C)n2C)C1. The minimum absolute atomic E-state index is 0.442. The van der Waals surface area contributed by atoms with Crippen LogP contribution in [0.4, 0.5) is 0 Å². The average Bonchev–Trinajstić information content (AvgIpc) is 3.15. The third-order valence-corrected chi connectivity index (χ3v) is 4.71. The molecule has 6 nitrogen and oxygen atoms in total. The molecule has 0 bridgehead atoms. The Morgan fingerprint density at radius 3 is 2.92 bits per heavy atom. The lowest BCUT2D eigenvalue weighted by Gasteiger charge is -2.30. The molecule has 128 valence electrons. The molecule has 1 saturated heterocycles. The first-order valence-corrected chi connectivity index (χ1v) is 8.73. The molecule has 0 spiro atoms. The van der Waals surface area contributed by atoms with Gasteiger partial charge in [0.2, 0.25) is 0 Å². The van der Waals surface area contributed by atoms with Crippen LogP contribution in [0.1, 0.15) is 49.6 Å². The molecule has 1 aliphatic heterocycles. The summed E-state index contributed by atoms with van der Waals surface area (Å²) in [6.45, 7) is 7.84.